The summed E-state index contributed by atoms with van der Waals surface area (Å²) in [6.07, 6.45) is 3.49. The molecule has 98 valence electrons. The Morgan fingerprint density at radius 1 is 1.06 bits per heavy atom. The second-order valence-corrected chi connectivity index (χ2v) is 4.41. The topological polar surface area (TPSA) is 29.3 Å². The van der Waals surface area contributed by atoms with Crippen LogP contribution >= 0.6 is 24.8 Å². The Kier molecular flexibility index (Phi) is 8.61. The van der Waals surface area contributed by atoms with E-state index in [1.165, 1.54) is 25.2 Å². The number of nitrogens with zero attached hydrogens (tertiary/aromatic N) is 1. The van der Waals surface area contributed by atoms with Crippen molar-refractivity contribution in [1.29, 1.82) is 0 Å². The minimum absolute atomic E-state index is 0. The van der Waals surface area contributed by atoms with E-state index in [9.17, 15) is 0 Å². The summed E-state index contributed by atoms with van der Waals surface area (Å²) >= 11 is 0. The molecule has 0 amide bonds. The number of nitrogens with two attached hydrogens (primary N) is 1. The molecule has 1 heterocycles. The number of piperidine rings is 1. The highest BCUT2D eigenvalue weighted by Crippen LogP contribution is 2.09. The van der Waals surface area contributed by atoms with Gasteiger partial charge in [0.05, 0.1) is 0 Å². The quantitative estimate of drug-likeness (QED) is 0.919. The van der Waals surface area contributed by atoms with Gasteiger partial charge in [0.2, 0.25) is 0 Å². The van der Waals surface area contributed by atoms with E-state index in [2.05, 4.69) is 35.2 Å². The first kappa shape index (κ1) is 16.7. The van der Waals surface area contributed by atoms with Crippen LogP contribution in [0.1, 0.15) is 18.4 Å². The molecule has 0 bridgehead atoms. The molecule has 4 heteroatoms. The van der Waals surface area contributed by atoms with Crippen LogP contribution in [0.5, 0.6) is 0 Å². The molecule has 0 unspecified atom stereocenters. The monoisotopic (exact) mass is 276 g/mol. The maximum absolute atomic E-state index is 5.88. The molecule has 0 spiro atoms. The highest BCUT2D eigenvalue weighted by Gasteiger charge is 2.15. The minimum Gasteiger partial charge on any atom is -0.328 e. The van der Waals surface area contributed by atoms with E-state index in [1.54, 1.807) is 0 Å². The van der Waals surface area contributed by atoms with Gasteiger partial charge in [-0.05, 0) is 37.9 Å². The first-order valence-electron chi connectivity index (χ1n) is 5.86. The number of likely N-dealkylation sites (tertiary alicyclic amines) is 1. The second kappa shape index (κ2) is 8.76. The highest BCUT2D eigenvalue weighted by atomic mass is 35.5. The van der Waals surface area contributed by atoms with Crippen molar-refractivity contribution >= 4 is 24.8 Å². The van der Waals surface area contributed by atoms with Crippen LogP contribution in [0.3, 0.4) is 0 Å². The third kappa shape index (κ3) is 5.73. The number of rotatable bonds is 3. The fraction of sp³-hybridized carbons (Fsp3) is 0.538. The van der Waals surface area contributed by atoms with Gasteiger partial charge >= 0.3 is 0 Å². The molecule has 0 aromatic heterocycles. The Hall–Kier alpha value is -0.280. The van der Waals surface area contributed by atoms with Crippen LogP contribution in [0.25, 0.3) is 0 Å². The third-order valence-electron chi connectivity index (χ3n) is 3.19. The van der Waals surface area contributed by atoms with Crippen LogP contribution in [0, 0.1) is 0 Å². The van der Waals surface area contributed by atoms with E-state index in [-0.39, 0.29) is 24.8 Å². The first-order chi connectivity index (χ1) is 7.34. The fourth-order valence-corrected chi connectivity index (χ4v) is 2.11. The van der Waals surface area contributed by atoms with Crippen molar-refractivity contribution in [2.75, 3.05) is 19.6 Å². The highest BCUT2D eigenvalue weighted by molar-refractivity contribution is 5.85. The summed E-state index contributed by atoms with van der Waals surface area (Å²) in [5, 5.41) is 0. The molecule has 1 aliphatic heterocycles. The number of halogens is 2. The van der Waals surface area contributed by atoms with Crippen LogP contribution in [-0.4, -0.2) is 30.6 Å². The van der Waals surface area contributed by atoms with Crippen molar-refractivity contribution in [2.45, 2.75) is 25.3 Å². The van der Waals surface area contributed by atoms with Crippen molar-refractivity contribution in [1.82, 2.24) is 4.90 Å². The molecule has 2 rings (SSSR count). The molecule has 1 aromatic carbocycles. The number of hydrogen-bond acceptors (Lipinski definition) is 2. The van der Waals surface area contributed by atoms with Gasteiger partial charge in [0.1, 0.15) is 0 Å². The van der Waals surface area contributed by atoms with E-state index in [4.69, 9.17) is 5.73 Å². The van der Waals surface area contributed by atoms with Crippen LogP contribution in [-0.2, 0) is 6.42 Å². The normalized spacial score (nSPS) is 17.0. The molecule has 0 saturated carbocycles. The van der Waals surface area contributed by atoms with Gasteiger partial charge in [-0.3, -0.25) is 0 Å². The molecule has 0 aliphatic carbocycles. The summed E-state index contributed by atoms with van der Waals surface area (Å²) in [5.41, 5.74) is 7.31. The molecule has 0 radical (unpaired) electrons. The van der Waals surface area contributed by atoms with Gasteiger partial charge in [0, 0.05) is 12.6 Å². The Bertz CT molecular complexity index is 285. The average molecular weight is 277 g/mol. The minimum atomic E-state index is 0. The van der Waals surface area contributed by atoms with E-state index >= 15 is 0 Å². The number of hydrogen-bond donors (Lipinski definition) is 1. The Morgan fingerprint density at radius 3 is 2.24 bits per heavy atom. The Morgan fingerprint density at radius 2 is 1.65 bits per heavy atom. The average Bonchev–Trinajstić information content (AvgIpc) is 2.30. The summed E-state index contributed by atoms with van der Waals surface area (Å²) < 4.78 is 0. The van der Waals surface area contributed by atoms with Gasteiger partial charge in [0.25, 0.3) is 0 Å². The summed E-state index contributed by atoms with van der Waals surface area (Å²) in [4.78, 5) is 2.52. The fourth-order valence-electron chi connectivity index (χ4n) is 2.11. The molecular formula is C13H22Cl2N2. The van der Waals surface area contributed by atoms with Gasteiger partial charge in [-0.15, -0.1) is 24.8 Å². The molecular weight excluding hydrogens is 255 g/mol. The maximum Gasteiger partial charge on any atom is 0.00631 e. The Balaban J connectivity index is 0.00000128. The molecule has 17 heavy (non-hydrogen) atoms. The van der Waals surface area contributed by atoms with Gasteiger partial charge in [-0.25, -0.2) is 0 Å². The lowest BCUT2D eigenvalue weighted by Gasteiger charge is -2.29. The predicted molar refractivity (Wildman–Crippen MR) is 78.3 cm³/mol. The van der Waals surface area contributed by atoms with Crippen molar-refractivity contribution in [3.05, 3.63) is 35.9 Å². The Labute approximate surface area is 116 Å². The zero-order valence-corrected chi connectivity index (χ0v) is 11.7. The first-order valence-corrected chi connectivity index (χ1v) is 5.86. The summed E-state index contributed by atoms with van der Waals surface area (Å²) in [5.74, 6) is 0. The van der Waals surface area contributed by atoms with E-state index in [1.807, 2.05) is 0 Å². The number of benzene rings is 1. The third-order valence-corrected chi connectivity index (χ3v) is 3.19. The zero-order valence-electron chi connectivity index (χ0n) is 10.0. The lowest BCUT2D eigenvalue weighted by molar-refractivity contribution is 0.215. The van der Waals surface area contributed by atoms with Gasteiger partial charge < -0.3 is 10.6 Å². The van der Waals surface area contributed by atoms with Gasteiger partial charge in [0.15, 0.2) is 0 Å². The second-order valence-electron chi connectivity index (χ2n) is 4.41. The van der Waals surface area contributed by atoms with Crippen molar-refractivity contribution in [3.63, 3.8) is 0 Å². The molecule has 1 aromatic rings. The van der Waals surface area contributed by atoms with Crippen LogP contribution in [0.2, 0.25) is 0 Å². The molecule has 2 nitrogen and oxygen atoms in total. The van der Waals surface area contributed by atoms with Gasteiger partial charge in [-0.2, -0.15) is 0 Å². The molecule has 1 fully saturated rings. The summed E-state index contributed by atoms with van der Waals surface area (Å²) in [6, 6.07) is 11.1. The largest absolute Gasteiger partial charge is 0.328 e. The van der Waals surface area contributed by atoms with Crippen LogP contribution < -0.4 is 5.73 Å². The lowest BCUT2D eigenvalue weighted by atomic mass is 10.1. The standard InChI is InChI=1S/C13H20N2.2ClH/c14-13-7-10-15(11-8-13)9-6-12-4-2-1-3-5-12;;/h1-5,13H,6-11,14H2;2*1H. The van der Waals surface area contributed by atoms with Crippen LogP contribution in [0.15, 0.2) is 30.3 Å². The maximum atomic E-state index is 5.88. The molecule has 1 aliphatic rings. The van der Waals surface area contributed by atoms with E-state index in [0.717, 1.165) is 19.3 Å². The summed E-state index contributed by atoms with van der Waals surface area (Å²) in [7, 11) is 0. The van der Waals surface area contributed by atoms with Crippen LogP contribution in [0.4, 0.5) is 0 Å². The molecule has 1 saturated heterocycles. The zero-order chi connectivity index (χ0) is 10.5. The van der Waals surface area contributed by atoms with Gasteiger partial charge in [-0.1, -0.05) is 30.3 Å². The molecule has 0 atom stereocenters. The van der Waals surface area contributed by atoms with Crippen molar-refractivity contribution in [3.8, 4) is 0 Å². The molecule has 2 N–H and O–H groups in total. The SMILES string of the molecule is Cl.Cl.NC1CCN(CCc2ccccc2)CC1. The van der Waals surface area contributed by atoms with E-state index in [0.29, 0.717) is 6.04 Å². The van der Waals surface area contributed by atoms with E-state index < -0.39 is 0 Å². The lowest BCUT2D eigenvalue weighted by Crippen LogP contribution is -2.40. The van der Waals surface area contributed by atoms with Crippen molar-refractivity contribution < 1.29 is 0 Å². The summed E-state index contributed by atoms with van der Waals surface area (Å²) in [6.45, 7) is 3.53. The smallest absolute Gasteiger partial charge is 0.00631 e. The van der Waals surface area contributed by atoms with Crippen molar-refractivity contribution in [2.24, 2.45) is 5.73 Å². The predicted octanol–water partition coefficient (Wildman–Crippen LogP) is 2.50.